The summed E-state index contributed by atoms with van der Waals surface area (Å²) < 4.78 is 1.83. The second-order valence-corrected chi connectivity index (χ2v) is 3.62. The van der Waals surface area contributed by atoms with E-state index in [-0.39, 0.29) is 0 Å². The molecule has 1 aromatic carbocycles. The second kappa shape index (κ2) is 4.17. The Morgan fingerprint density at radius 1 is 1.20 bits per heavy atom. The van der Waals surface area contributed by atoms with Crippen molar-refractivity contribution in [2.45, 2.75) is 13.0 Å². The van der Waals surface area contributed by atoms with Crippen LogP contribution in [-0.2, 0) is 7.05 Å². The van der Waals surface area contributed by atoms with E-state index in [0.717, 1.165) is 5.82 Å². The minimum Gasteiger partial charge on any atom is -0.364 e. The van der Waals surface area contributed by atoms with Crippen molar-refractivity contribution in [1.29, 1.82) is 0 Å². The van der Waals surface area contributed by atoms with Crippen LogP contribution in [0.15, 0.2) is 42.6 Å². The quantitative estimate of drug-likeness (QED) is 0.827. The molecule has 1 unspecified atom stereocenters. The number of aromatic nitrogens is 2. The Kier molecular flexibility index (Phi) is 2.72. The van der Waals surface area contributed by atoms with Gasteiger partial charge >= 0.3 is 0 Å². The van der Waals surface area contributed by atoms with Crippen LogP contribution in [-0.4, -0.2) is 9.78 Å². The zero-order valence-electron chi connectivity index (χ0n) is 9.01. The molecule has 0 aliphatic rings. The minimum atomic E-state index is 0.293. The van der Waals surface area contributed by atoms with Gasteiger partial charge in [0.25, 0.3) is 0 Å². The summed E-state index contributed by atoms with van der Waals surface area (Å²) in [6.07, 6.45) is 1.79. The number of rotatable bonds is 3. The van der Waals surface area contributed by atoms with Crippen LogP contribution in [0, 0.1) is 0 Å². The average molecular weight is 201 g/mol. The minimum absolute atomic E-state index is 0.293. The Labute approximate surface area is 89.7 Å². The lowest BCUT2D eigenvalue weighted by Crippen LogP contribution is -2.09. The Morgan fingerprint density at radius 3 is 2.53 bits per heavy atom. The van der Waals surface area contributed by atoms with Crippen LogP contribution in [0.2, 0.25) is 0 Å². The number of anilines is 1. The van der Waals surface area contributed by atoms with Crippen LogP contribution in [0.3, 0.4) is 0 Å². The summed E-state index contributed by atoms with van der Waals surface area (Å²) in [4.78, 5) is 0. The van der Waals surface area contributed by atoms with Gasteiger partial charge in [-0.15, -0.1) is 0 Å². The van der Waals surface area contributed by atoms with Gasteiger partial charge in [0.1, 0.15) is 5.82 Å². The predicted molar refractivity (Wildman–Crippen MR) is 61.7 cm³/mol. The molecule has 0 spiro atoms. The normalized spacial score (nSPS) is 12.4. The smallest absolute Gasteiger partial charge is 0.124 e. The Hall–Kier alpha value is -1.77. The van der Waals surface area contributed by atoms with Crippen LogP contribution in [0.25, 0.3) is 0 Å². The molecule has 1 atom stereocenters. The highest BCUT2D eigenvalue weighted by atomic mass is 15.3. The second-order valence-electron chi connectivity index (χ2n) is 3.62. The zero-order chi connectivity index (χ0) is 10.7. The Bertz CT molecular complexity index is 419. The van der Waals surface area contributed by atoms with Crippen molar-refractivity contribution in [3.05, 3.63) is 48.2 Å². The Balaban J connectivity index is 2.11. The molecular weight excluding hydrogens is 186 g/mol. The highest BCUT2D eigenvalue weighted by molar-refractivity contribution is 5.37. The Morgan fingerprint density at radius 2 is 1.93 bits per heavy atom. The van der Waals surface area contributed by atoms with Crippen molar-refractivity contribution in [2.75, 3.05) is 5.32 Å². The van der Waals surface area contributed by atoms with E-state index >= 15 is 0 Å². The fraction of sp³-hybridized carbons (Fsp3) is 0.250. The predicted octanol–water partition coefficient (Wildman–Crippen LogP) is 2.59. The van der Waals surface area contributed by atoms with Gasteiger partial charge in [-0.05, 0) is 12.5 Å². The molecule has 15 heavy (non-hydrogen) atoms. The van der Waals surface area contributed by atoms with Gasteiger partial charge in [0.05, 0.1) is 6.20 Å². The first-order valence-electron chi connectivity index (χ1n) is 5.07. The molecule has 2 aromatic rings. The fourth-order valence-corrected chi connectivity index (χ4v) is 1.56. The molecule has 3 nitrogen and oxygen atoms in total. The lowest BCUT2D eigenvalue weighted by atomic mass is 10.1. The van der Waals surface area contributed by atoms with Crippen molar-refractivity contribution in [3.63, 3.8) is 0 Å². The van der Waals surface area contributed by atoms with E-state index in [4.69, 9.17) is 0 Å². The summed E-state index contributed by atoms with van der Waals surface area (Å²) in [5, 5.41) is 7.52. The number of hydrogen-bond donors (Lipinski definition) is 1. The summed E-state index contributed by atoms with van der Waals surface area (Å²) in [6.45, 7) is 2.14. The summed E-state index contributed by atoms with van der Waals surface area (Å²) in [7, 11) is 1.93. The first kappa shape index (κ1) is 9.77. The maximum Gasteiger partial charge on any atom is 0.124 e. The molecule has 0 aliphatic heterocycles. The van der Waals surface area contributed by atoms with E-state index in [1.54, 1.807) is 6.20 Å². The van der Waals surface area contributed by atoms with Gasteiger partial charge in [0.15, 0.2) is 0 Å². The first-order chi connectivity index (χ1) is 7.27. The summed E-state index contributed by atoms with van der Waals surface area (Å²) in [5.41, 5.74) is 1.28. The average Bonchev–Trinajstić information content (AvgIpc) is 2.66. The van der Waals surface area contributed by atoms with Gasteiger partial charge in [0.2, 0.25) is 0 Å². The van der Waals surface area contributed by atoms with Gasteiger partial charge < -0.3 is 5.32 Å². The number of nitrogens with zero attached hydrogens (tertiary/aromatic N) is 2. The van der Waals surface area contributed by atoms with Crippen LogP contribution < -0.4 is 5.32 Å². The van der Waals surface area contributed by atoms with Crippen molar-refractivity contribution in [3.8, 4) is 0 Å². The van der Waals surface area contributed by atoms with Crippen LogP contribution in [0.1, 0.15) is 18.5 Å². The third-order valence-electron chi connectivity index (χ3n) is 2.48. The van der Waals surface area contributed by atoms with E-state index in [1.165, 1.54) is 5.56 Å². The van der Waals surface area contributed by atoms with E-state index in [0.29, 0.717) is 6.04 Å². The summed E-state index contributed by atoms with van der Waals surface area (Å²) >= 11 is 0. The lowest BCUT2D eigenvalue weighted by molar-refractivity contribution is 0.751. The zero-order valence-corrected chi connectivity index (χ0v) is 9.01. The van der Waals surface area contributed by atoms with Crippen LogP contribution in [0.4, 0.5) is 5.82 Å². The molecule has 0 aliphatic carbocycles. The number of benzene rings is 1. The fourth-order valence-electron chi connectivity index (χ4n) is 1.56. The monoisotopic (exact) mass is 201 g/mol. The molecule has 0 fully saturated rings. The van der Waals surface area contributed by atoms with Crippen LogP contribution >= 0.6 is 0 Å². The SMILES string of the molecule is CC(Nc1ccnn1C)c1ccccc1. The topological polar surface area (TPSA) is 29.9 Å². The maximum absolute atomic E-state index is 4.12. The highest BCUT2D eigenvalue weighted by Gasteiger charge is 2.05. The van der Waals surface area contributed by atoms with Crippen molar-refractivity contribution in [1.82, 2.24) is 9.78 Å². The summed E-state index contributed by atoms with van der Waals surface area (Å²) in [6, 6.07) is 12.6. The number of hydrogen-bond acceptors (Lipinski definition) is 2. The standard InChI is InChI=1S/C12H15N3/c1-10(11-6-4-3-5-7-11)14-12-8-9-13-15(12)2/h3-10,14H,1-2H3. The number of nitrogens with one attached hydrogen (secondary N) is 1. The van der Waals surface area contributed by atoms with Gasteiger partial charge in [-0.2, -0.15) is 5.10 Å². The van der Waals surface area contributed by atoms with E-state index < -0.39 is 0 Å². The van der Waals surface area contributed by atoms with Gasteiger partial charge in [-0.25, -0.2) is 0 Å². The molecule has 0 radical (unpaired) electrons. The highest BCUT2D eigenvalue weighted by Crippen LogP contribution is 2.17. The van der Waals surface area contributed by atoms with E-state index in [2.05, 4.69) is 41.6 Å². The molecule has 0 saturated carbocycles. The molecule has 78 valence electrons. The van der Waals surface area contributed by atoms with Crippen molar-refractivity contribution < 1.29 is 0 Å². The van der Waals surface area contributed by atoms with E-state index in [1.807, 2.05) is 23.9 Å². The lowest BCUT2D eigenvalue weighted by Gasteiger charge is -2.15. The molecule has 0 saturated heterocycles. The first-order valence-corrected chi connectivity index (χ1v) is 5.07. The third kappa shape index (κ3) is 2.18. The maximum atomic E-state index is 4.12. The largest absolute Gasteiger partial charge is 0.364 e. The molecule has 1 aromatic heterocycles. The number of aryl methyl sites for hydroxylation is 1. The van der Waals surface area contributed by atoms with E-state index in [9.17, 15) is 0 Å². The van der Waals surface area contributed by atoms with Crippen molar-refractivity contribution in [2.24, 2.45) is 7.05 Å². The molecule has 1 heterocycles. The molecule has 2 rings (SSSR count). The molecule has 1 N–H and O–H groups in total. The molecule has 3 heteroatoms. The molecular formula is C12H15N3. The summed E-state index contributed by atoms with van der Waals surface area (Å²) in [5.74, 6) is 1.03. The molecule has 0 bridgehead atoms. The van der Waals surface area contributed by atoms with Gasteiger partial charge in [-0.1, -0.05) is 30.3 Å². The third-order valence-corrected chi connectivity index (χ3v) is 2.48. The van der Waals surface area contributed by atoms with Crippen LogP contribution in [0.5, 0.6) is 0 Å². The van der Waals surface area contributed by atoms with Crippen molar-refractivity contribution >= 4 is 5.82 Å². The van der Waals surface area contributed by atoms with Gasteiger partial charge in [-0.3, -0.25) is 4.68 Å². The van der Waals surface area contributed by atoms with Gasteiger partial charge in [0, 0.05) is 19.2 Å². The molecule has 0 amide bonds.